The highest BCUT2D eigenvalue weighted by molar-refractivity contribution is 8.23. The third-order valence-electron chi connectivity index (χ3n) is 2.20. The molecule has 0 fully saturated rings. The molecular weight excluding hydrogens is 280 g/mol. The molecule has 19 heavy (non-hydrogen) atoms. The molecule has 0 aliphatic carbocycles. The Morgan fingerprint density at radius 1 is 1.26 bits per heavy atom. The molecule has 0 radical (unpaired) electrons. The van der Waals surface area contributed by atoms with Crippen LogP contribution in [0.5, 0.6) is 0 Å². The van der Waals surface area contributed by atoms with Gasteiger partial charge in [-0.25, -0.2) is 0 Å². The number of thiocarbonyl (C=S) groups is 1. The predicted molar refractivity (Wildman–Crippen MR) is 85.5 cm³/mol. The molecule has 0 saturated heterocycles. The minimum Gasteiger partial charge on any atom is -0.479 e. The van der Waals surface area contributed by atoms with Crippen molar-refractivity contribution < 1.29 is 14.3 Å². The molecule has 3 nitrogen and oxygen atoms in total. The first kappa shape index (κ1) is 18.7. The first-order valence-electron chi connectivity index (χ1n) is 6.53. The summed E-state index contributed by atoms with van der Waals surface area (Å²) < 4.78 is 11.1. The van der Waals surface area contributed by atoms with Gasteiger partial charge in [0.15, 0.2) is 0 Å². The predicted octanol–water partition coefficient (Wildman–Crippen LogP) is 4.19. The van der Waals surface area contributed by atoms with Gasteiger partial charge in [0, 0.05) is 0 Å². The maximum absolute atomic E-state index is 12.0. The van der Waals surface area contributed by atoms with Crippen molar-refractivity contribution in [3.63, 3.8) is 0 Å². The van der Waals surface area contributed by atoms with E-state index in [1.54, 1.807) is 6.92 Å². The Kier molecular flexibility index (Phi) is 7.37. The van der Waals surface area contributed by atoms with Crippen molar-refractivity contribution in [2.24, 2.45) is 5.41 Å². The third kappa shape index (κ3) is 9.27. The summed E-state index contributed by atoms with van der Waals surface area (Å²) in [7, 11) is 0. The second-order valence-corrected chi connectivity index (χ2v) is 8.30. The Bertz CT molecular complexity index is 319. The first-order chi connectivity index (χ1) is 8.47. The van der Waals surface area contributed by atoms with Crippen LogP contribution in [0, 0.1) is 5.41 Å². The van der Waals surface area contributed by atoms with E-state index in [0.29, 0.717) is 11.0 Å². The summed E-state index contributed by atoms with van der Waals surface area (Å²) in [6.45, 7) is 14.4. The number of ether oxygens (including phenoxy) is 2. The Morgan fingerprint density at radius 2 is 1.79 bits per heavy atom. The van der Waals surface area contributed by atoms with Gasteiger partial charge in [-0.2, -0.15) is 0 Å². The Labute approximate surface area is 126 Å². The van der Waals surface area contributed by atoms with Gasteiger partial charge < -0.3 is 9.47 Å². The topological polar surface area (TPSA) is 35.5 Å². The lowest BCUT2D eigenvalue weighted by molar-refractivity contribution is -0.157. The lowest BCUT2D eigenvalue weighted by Crippen LogP contribution is -2.35. The Morgan fingerprint density at radius 3 is 2.21 bits per heavy atom. The fourth-order valence-electron chi connectivity index (χ4n) is 2.01. The fraction of sp³-hybridized carbons (Fsp3) is 0.857. The van der Waals surface area contributed by atoms with E-state index in [0.717, 1.165) is 6.42 Å². The van der Waals surface area contributed by atoms with Crippen molar-refractivity contribution in [1.82, 2.24) is 0 Å². The molecule has 0 amide bonds. The van der Waals surface area contributed by atoms with Crippen LogP contribution in [0.4, 0.5) is 0 Å². The van der Waals surface area contributed by atoms with Gasteiger partial charge in [-0.3, -0.25) is 4.79 Å². The van der Waals surface area contributed by atoms with Crippen LogP contribution in [0.2, 0.25) is 0 Å². The number of hydrogen-bond acceptors (Lipinski definition) is 5. The molecule has 0 saturated carbocycles. The summed E-state index contributed by atoms with van der Waals surface area (Å²) in [4.78, 5) is 12.0. The number of carbonyl (C=O) groups excluding carboxylic acids is 1. The van der Waals surface area contributed by atoms with Gasteiger partial charge in [-0.1, -0.05) is 32.5 Å². The largest absolute Gasteiger partial charge is 0.479 e. The van der Waals surface area contributed by atoms with Crippen LogP contribution in [-0.4, -0.2) is 27.8 Å². The molecule has 0 bridgehead atoms. The van der Waals surface area contributed by atoms with Crippen molar-refractivity contribution in [2.45, 2.75) is 65.7 Å². The van der Waals surface area contributed by atoms with Gasteiger partial charge in [0.1, 0.15) is 10.9 Å². The smallest absolute Gasteiger partial charge is 0.319 e. The van der Waals surface area contributed by atoms with Gasteiger partial charge >= 0.3 is 5.97 Å². The molecule has 0 spiro atoms. The monoisotopic (exact) mass is 306 g/mol. The molecule has 0 rings (SSSR count). The quantitative estimate of drug-likeness (QED) is 0.562. The number of carbonyl (C=O) groups is 1. The maximum Gasteiger partial charge on any atom is 0.319 e. The van der Waals surface area contributed by atoms with Crippen molar-refractivity contribution in [1.29, 1.82) is 0 Å². The van der Waals surface area contributed by atoms with Crippen molar-refractivity contribution >= 4 is 34.3 Å². The number of thioether (sulfide) groups is 1. The van der Waals surface area contributed by atoms with Crippen molar-refractivity contribution in [3.05, 3.63) is 0 Å². The average Bonchev–Trinajstić information content (AvgIpc) is 2.12. The Hall–Kier alpha value is -0.290. The van der Waals surface area contributed by atoms with Gasteiger partial charge in [-0.15, -0.1) is 0 Å². The van der Waals surface area contributed by atoms with E-state index in [-0.39, 0.29) is 16.6 Å². The first-order valence-corrected chi connectivity index (χ1v) is 7.82. The molecule has 1 atom stereocenters. The minimum atomic E-state index is -0.475. The van der Waals surface area contributed by atoms with Gasteiger partial charge in [0.2, 0.25) is 4.38 Å². The maximum atomic E-state index is 12.0. The SMILES string of the molecule is CCOC(=S)SC(C)C(=O)OC(C)(C)CC(C)(C)C. The molecule has 0 aromatic rings. The highest BCUT2D eigenvalue weighted by Crippen LogP contribution is 2.30. The number of hydrogen-bond donors (Lipinski definition) is 0. The molecule has 0 N–H and O–H groups in total. The lowest BCUT2D eigenvalue weighted by Gasteiger charge is -2.32. The van der Waals surface area contributed by atoms with Gasteiger partial charge in [0.05, 0.1) is 6.61 Å². The summed E-state index contributed by atoms with van der Waals surface area (Å²) >= 11 is 6.24. The standard InChI is InChI=1S/C14H26O3S2/c1-8-16-12(18)19-10(2)11(15)17-14(6,7)9-13(3,4)5/h10H,8-9H2,1-7H3. The molecule has 1 unspecified atom stereocenters. The van der Waals surface area contributed by atoms with E-state index >= 15 is 0 Å². The van der Waals surface area contributed by atoms with Crippen LogP contribution >= 0.6 is 24.0 Å². The van der Waals surface area contributed by atoms with Crippen molar-refractivity contribution in [2.75, 3.05) is 6.61 Å². The zero-order valence-corrected chi connectivity index (χ0v) is 14.7. The zero-order valence-electron chi connectivity index (χ0n) is 13.0. The van der Waals surface area contributed by atoms with Crippen LogP contribution in [0.3, 0.4) is 0 Å². The second-order valence-electron chi connectivity index (χ2n) is 6.36. The summed E-state index contributed by atoms with van der Waals surface area (Å²) in [5.41, 5.74) is -0.363. The summed E-state index contributed by atoms with van der Waals surface area (Å²) in [5.74, 6) is -0.249. The van der Waals surface area contributed by atoms with Crippen LogP contribution < -0.4 is 0 Å². The van der Waals surface area contributed by atoms with Gasteiger partial charge in [0.25, 0.3) is 0 Å². The van der Waals surface area contributed by atoms with E-state index < -0.39 is 5.60 Å². The number of esters is 1. The molecule has 0 aromatic heterocycles. The Balaban J connectivity index is 4.39. The molecule has 0 aliphatic rings. The average molecular weight is 306 g/mol. The molecule has 112 valence electrons. The summed E-state index contributed by atoms with van der Waals surface area (Å²) in [6.07, 6.45) is 0.805. The molecule has 5 heteroatoms. The van der Waals surface area contributed by atoms with E-state index in [4.69, 9.17) is 21.7 Å². The third-order valence-corrected chi connectivity index (χ3v) is 3.46. The van der Waals surface area contributed by atoms with E-state index in [2.05, 4.69) is 20.8 Å². The van der Waals surface area contributed by atoms with E-state index in [9.17, 15) is 4.79 Å². The minimum absolute atomic E-state index is 0.112. The van der Waals surface area contributed by atoms with E-state index in [1.165, 1.54) is 11.8 Å². The van der Waals surface area contributed by atoms with Crippen LogP contribution in [-0.2, 0) is 14.3 Å². The van der Waals surface area contributed by atoms with Gasteiger partial charge in [-0.05, 0) is 51.7 Å². The number of rotatable bonds is 5. The lowest BCUT2D eigenvalue weighted by atomic mass is 9.83. The molecule has 0 aromatic carbocycles. The normalized spacial score (nSPS) is 13.8. The van der Waals surface area contributed by atoms with Crippen LogP contribution in [0.1, 0.15) is 54.9 Å². The van der Waals surface area contributed by atoms with Crippen LogP contribution in [0.15, 0.2) is 0 Å². The van der Waals surface area contributed by atoms with E-state index in [1.807, 2.05) is 20.8 Å². The van der Waals surface area contributed by atoms with Crippen molar-refractivity contribution in [3.8, 4) is 0 Å². The van der Waals surface area contributed by atoms with Crippen LogP contribution in [0.25, 0.3) is 0 Å². The zero-order chi connectivity index (χ0) is 15.3. The highest BCUT2D eigenvalue weighted by atomic mass is 32.2. The molecule has 0 heterocycles. The molecule has 0 aliphatic heterocycles. The highest BCUT2D eigenvalue weighted by Gasteiger charge is 2.31. The second kappa shape index (κ2) is 7.48. The summed E-state index contributed by atoms with van der Waals surface area (Å²) in [6, 6.07) is 0. The fourth-order valence-corrected chi connectivity index (χ4v) is 3.18. The summed E-state index contributed by atoms with van der Waals surface area (Å²) in [5, 5.41) is -0.349. The molecular formula is C14H26O3S2.